The summed E-state index contributed by atoms with van der Waals surface area (Å²) in [5, 5.41) is 61.7. The van der Waals surface area contributed by atoms with Crippen molar-refractivity contribution in [1.29, 1.82) is 0 Å². The molecule has 3 aromatic rings. The van der Waals surface area contributed by atoms with E-state index >= 15 is 0 Å². The smallest absolute Gasteiger partial charge is 0.328 e. The molecule has 29 heteroatoms. The van der Waals surface area contributed by atoms with Crippen molar-refractivity contribution in [2.75, 3.05) is 25.4 Å². The maximum absolute atomic E-state index is 14.3. The monoisotopic (exact) mass is 1180 g/mol. The van der Waals surface area contributed by atoms with Gasteiger partial charge in [0.25, 0.3) is 0 Å². The predicted octanol–water partition coefficient (Wildman–Crippen LogP) is -3.14. The summed E-state index contributed by atoms with van der Waals surface area (Å²) < 4.78 is 0. The van der Waals surface area contributed by atoms with Crippen LogP contribution in [0.3, 0.4) is 0 Å². The SMILES string of the molecule is CC(C)C[C@H](NC(=O)[C@H](CCCCN)NC(=O)[C@@H](N)Cc1c[nH]c2ccccc12)C(=O)N[C@@H](Cc1cnc[nH]1)C(=O)N[C@H](C(=O)N[C@@H](CO)C(=O)N1CCC[C@H]1C(=O)N[C@@H](CC(C)C)C(=O)N[C@@H](CS)C(=O)N[C@H](C(=O)O)[C@@H](C)O)[C@@H](C)O. The minimum Gasteiger partial charge on any atom is -0.480 e. The average Bonchev–Trinajstić information content (AvgIpc) is 4.47. The number of nitrogens with one attached hydrogen (secondary N) is 10. The zero-order valence-electron chi connectivity index (χ0n) is 47.7. The fourth-order valence-electron chi connectivity index (χ4n) is 9.43. The van der Waals surface area contributed by atoms with E-state index < -0.39 is 138 Å². The van der Waals surface area contributed by atoms with Gasteiger partial charge < -0.3 is 89.3 Å². The highest BCUT2D eigenvalue weighted by molar-refractivity contribution is 7.80. The van der Waals surface area contributed by atoms with Crippen LogP contribution in [0, 0.1) is 11.8 Å². The molecule has 0 unspecified atom stereocenters. The van der Waals surface area contributed by atoms with Gasteiger partial charge in [-0.05, 0) is 95.2 Å². The summed E-state index contributed by atoms with van der Waals surface area (Å²) in [6.07, 6.45) is 2.92. The molecule has 460 valence electrons. The van der Waals surface area contributed by atoms with E-state index in [4.69, 9.17) is 11.5 Å². The number of benzene rings is 1. The van der Waals surface area contributed by atoms with Crippen molar-refractivity contribution in [2.45, 2.75) is 172 Å². The van der Waals surface area contributed by atoms with E-state index in [0.717, 1.165) is 28.3 Å². The summed E-state index contributed by atoms with van der Waals surface area (Å²) in [5.74, 6) is -9.94. The molecule has 2 aromatic heterocycles. The van der Waals surface area contributed by atoms with E-state index in [1.54, 1.807) is 33.9 Å². The summed E-state index contributed by atoms with van der Waals surface area (Å²) in [6, 6.07) is -6.53. The maximum atomic E-state index is 14.3. The van der Waals surface area contributed by atoms with Gasteiger partial charge in [-0.1, -0.05) is 45.9 Å². The Morgan fingerprint density at radius 2 is 1.24 bits per heavy atom. The number of carboxylic acid groups (broad SMARTS) is 1. The first-order valence-electron chi connectivity index (χ1n) is 27.8. The third-order valence-electron chi connectivity index (χ3n) is 13.9. The van der Waals surface area contributed by atoms with E-state index in [1.807, 2.05) is 24.3 Å². The van der Waals surface area contributed by atoms with Crippen LogP contribution in [0.15, 0.2) is 43.0 Å². The Hall–Kier alpha value is -7.18. The van der Waals surface area contributed by atoms with E-state index in [1.165, 1.54) is 19.4 Å². The highest BCUT2D eigenvalue weighted by atomic mass is 32.1. The number of amides is 9. The number of fused-ring (bicyclic) bond motifs is 1. The highest BCUT2D eigenvalue weighted by Crippen LogP contribution is 2.21. The van der Waals surface area contributed by atoms with Crippen molar-refractivity contribution in [3.05, 3.63) is 54.2 Å². The highest BCUT2D eigenvalue weighted by Gasteiger charge is 2.41. The molecule has 18 N–H and O–H groups in total. The van der Waals surface area contributed by atoms with Crippen molar-refractivity contribution in [3.8, 4) is 0 Å². The Morgan fingerprint density at radius 3 is 1.82 bits per heavy atom. The first-order chi connectivity index (χ1) is 39.3. The average molecular weight is 1190 g/mol. The number of hydrogen-bond donors (Lipinski definition) is 17. The van der Waals surface area contributed by atoms with Crippen LogP contribution < -0.4 is 54.0 Å². The fourth-order valence-corrected chi connectivity index (χ4v) is 9.69. The summed E-state index contributed by atoms with van der Waals surface area (Å²) in [4.78, 5) is 148. The quantitative estimate of drug-likeness (QED) is 0.0208. The van der Waals surface area contributed by atoms with E-state index in [-0.39, 0.29) is 69.1 Å². The van der Waals surface area contributed by atoms with Gasteiger partial charge in [-0.3, -0.25) is 43.2 Å². The Morgan fingerprint density at radius 1 is 0.687 bits per heavy atom. The number of aliphatic carboxylic acids is 1. The van der Waals surface area contributed by atoms with Crippen molar-refractivity contribution in [3.63, 3.8) is 0 Å². The van der Waals surface area contributed by atoms with Crippen LogP contribution >= 0.6 is 12.6 Å². The number of aliphatic hydroxyl groups excluding tert-OH is 3. The molecule has 4 rings (SSSR count). The number of carbonyl (C=O) groups excluding carboxylic acids is 9. The molecule has 0 saturated carbocycles. The second-order valence-electron chi connectivity index (χ2n) is 21.7. The summed E-state index contributed by atoms with van der Waals surface area (Å²) in [6.45, 7) is 8.76. The van der Waals surface area contributed by atoms with E-state index in [0.29, 0.717) is 25.1 Å². The Balaban J connectivity index is 1.47. The molecule has 1 saturated heterocycles. The summed E-state index contributed by atoms with van der Waals surface area (Å²) in [5.41, 5.74) is 14.2. The molecule has 0 aliphatic carbocycles. The number of thiol groups is 1. The molecule has 83 heavy (non-hydrogen) atoms. The van der Waals surface area contributed by atoms with Crippen LogP contribution in [0.5, 0.6) is 0 Å². The molecule has 28 nitrogen and oxygen atoms in total. The van der Waals surface area contributed by atoms with Gasteiger partial charge in [-0.15, -0.1) is 0 Å². The molecule has 3 heterocycles. The molecule has 0 radical (unpaired) electrons. The number of aromatic nitrogens is 3. The molecule has 12 atom stereocenters. The molecule has 0 bridgehead atoms. The largest absolute Gasteiger partial charge is 0.480 e. The van der Waals surface area contributed by atoms with Gasteiger partial charge in [0.05, 0.1) is 31.2 Å². The normalized spacial score (nSPS) is 17.3. The van der Waals surface area contributed by atoms with E-state index in [9.17, 15) is 68.4 Å². The van der Waals surface area contributed by atoms with Crippen LogP contribution in [-0.2, 0) is 60.8 Å². The zero-order valence-corrected chi connectivity index (χ0v) is 48.6. The summed E-state index contributed by atoms with van der Waals surface area (Å²) in [7, 11) is 0. The van der Waals surface area contributed by atoms with Crippen LogP contribution in [0.1, 0.15) is 97.7 Å². The van der Waals surface area contributed by atoms with Gasteiger partial charge in [0, 0.05) is 47.7 Å². The lowest BCUT2D eigenvalue weighted by atomic mass is 10.0. The minimum absolute atomic E-state index is 0.0195. The van der Waals surface area contributed by atoms with Crippen LogP contribution in [0.4, 0.5) is 0 Å². The minimum atomic E-state index is -1.81. The topological polar surface area (TPSA) is 448 Å². The zero-order chi connectivity index (χ0) is 61.7. The van der Waals surface area contributed by atoms with Crippen molar-refractivity contribution in [2.24, 2.45) is 23.3 Å². The summed E-state index contributed by atoms with van der Waals surface area (Å²) >= 11 is 4.11. The second-order valence-corrected chi connectivity index (χ2v) is 22.1. The van der Waals surface area contributed by atoms with Gasteiger partial charge in [0.15, 0.2) is 6.04 Å². The number of aromatic amines is 2. The van der Waals surface area contributed by atoms with Crippen molar-refractivity contribution in [1.82, 2.24) is 62.4 Å². The predicted molar refractivity (Wildman–Crippen MR) is 306 cm³/mol. The molecule has 9 amide bonds. The second kappa shape index (κ2) is 33.2. The number of hydrogen-bond acceptors (Lipinski definition) is 17. The molecule has 1 fully saturated rings. The van der Waals surface area contributed by atoms with E-state index in [2.05, 4.69) is 70.1 Å². The Bertz CT molecular complexity index is 2670. The standard InChI is InChI=1S/C54H84N14O14S/c1-27(2)18-37(61-46(73)36(14-9-10-16-55)60-45(72)34(56)20-31-22-58-35-13-8-7-12-33(31)35)47(74)62-39(21-32-23-57-26-59-32)49(76)66-43(29(5)70)52(79)64-40(24-69)53(80)68-17-11-15-42(68)51(78)63-38(19-28(3)4)48(75)65-41(25-83)50(77)67-44(30(6)71)54(81)82/h7-8,12-13,22-23,26-30,34,36-44,58,69-71,83H,9-11,14-21,24-25,55-56H2,1-6H3,(H,57,59)(H,60,72)(H,61,73)(H,62,74)(H,63,78)(H,64,79)(H,65,75)(H,66,76)(H,67,77)(H,81,82)/t29-,30-,34+,36+,37+,38+,39+,40+,41+,42+,43+,44+/m1/s1. The van der Waals surface area contributed by atoms with Crippen LogP contribution in [0.2, 0.25) is 0 Å². The molecule has 1 aliphatic rings. The number of imidazole rings is 1. The lowest BCUT2D eigenvalue weighted by molar-refractivity contribution is -0.145. The number of likely N-dealkylation sites (tertiary alicyclic amines) is 1. The molecule has 0 spiro atoms. The first kappa shape index (κ1) is 68.3. The lowest BCUT2D eigenvalue weighted by Crippen LogP contribution is -2.62. The Kier molecular flexibility index (Phi) is 27.3. The molecule has 1 aromatic carbocycles. The number of H-pyrrole nitrogens is 2. The van der Waals surface area contributed by atoms with Gasteiger partial charge in [-0.2, -0.15) is 12.6 Å². The van der Waals surface area contributed by atoms with Crippen molar-refractivity contribution < 1.29 is 68.4 Å². The third kappa shape index (κ3) is 20.6. The number of aliphatic hydroxyl groups is 3. The number of carbonyl (C=O) groups is 10. The third-order valence-corrected chi connectivity index (χ3v) is 14.2. The van der Waals surface area contributed by atoms with Gasteiger partial charge in [-0.25, -0.2) is 9.78 Å². The number of unbranched alkanes of at least 4 members (excludes halogenated alkanes) is 1. The first-order valence-corrected chi connectivity index (χ1v) is 28.5. The number of rotatable bonds is 34. The number of para-hydroxylation sites is 1. The van der Waals surface area contributed by atoms with Crippen molar-refractivity contribution >= 4 is 82.7 Å². The molecular formula is C54H84N14O14S. The van der Waals surface area contributed by atoms with Crippen LogP contribution in [-0.4, -0.2) is 197 Å². The molecular weight excluding hydrogens is 1100 g/mol. The number of carboxylic acids is 1. The van der Waals surface area contributed by atoms with Gasteiger partial charge in [0.1, 0.15) is 48.3 Å². The van der Waals surface area contributed by atoms with Crippen LogP contribution in [0.25, 0.3) is 10.9 Å². The molecule has 1 aliphatic heterocycles. The van der Waals surface area contributed by atoms with Gasteiger partial charge in [0.2, 0.25) is 53.2 Å². The number of nitrogens with two attached hydrogens (primary N) is 2. The Labute approximate surface area is 486 Å². The van der Waals surface area contributed by atoms with Gasteiger partial charge >= 0.3 is 5.97 Å². The lowest BCUT2D eigenvalue weighted by Gasteiger charge is -2.31. The fraction of sp³-hybridized carbons (Fsp3) is 0.611. The number of nitrogens with zero attached hydrogens (tertiary/aromatic N) is 2. The maximum Gasteiger partial charge on any atom is 0.328 e.